The quantitative estimate of drug-likeness (QED) is 0.123. The van der Waals surface area contributed by atoms with Gasteiger partial charge in [0.05, 0.1) is 38.9 Å². The number of methoxy groups -OCH3 is 4. The zero-order valence-corrected chi connectivity index (χ0v) is 27.6. The van der Waals surface area contributed by atoms with Crippen LogP contribution in [0.15, 0.2) is 84.9 Å². The average molecular weight is 635 g/mol. The molecule has 0 amide bonds. The molecule has 0 radical (unpaired) electrons. The van der Waals surface area contributed by atoms with E-state index in [0.717, 1.165) is 11.1 Å². The molecule has 0 bridgehead atoms. The van der Waals surface area contributed by atoms with Gasteiger partial charge in [-0.05, 0) is 59.4 Å². The summed E-state index contributed by atoms with van der Waals surface area (Å²) in [6.07, 6.45) is 0.670. The molecule has 8 nitrogen and oxygen atoms in total. The smallest absolute Gasteiger partial charge is 0.203 e. The van der Waals surface area contributed by atoms with Gasteiger partial charge in [-0.1, -0.05) is 74.5 Å². The molecule has 0 N–H and O–H groups in total. The Hall–Kier alpha value is -4.37. The minimum Gasteiger partial charge on any atom is -0.493 e. The second kappa shape index (κ2) is 15.6. The first-order valence-electron chi connectivity index (χ1n) is 14.9. The van der Waals surface area contributed by atoms with Crippen molar-refractivity contribution in [2.24, 2.45) is 0 Å². The van der Waals surface area contributed by atoms with Gasteiger partial charge in [-0.15, -0.1) is 0 Å². The Balaban J connectivity index is 1.69. The maximum Gasteiger partial charge on any atom is 0.203 e. The van der Waals surface area contributed by atoms with E-state index in [9.17, 15) is 8.42 Å². The molecule has 240 valence electrons. The molecule has 45 heavy (non-hydrogen) atoms. The summed E-state index contributed by atoms with van der Waals surface area (Å²) in [4.78, 5) is 0. The van der Waals surface area contributed by atoms with E-state index in [-0.39, 0.29) is 0 Å². The Morgan fingerprint density at radius 1 is 0.533 bits per heavy atom. The molecule has 0 fully saturated rings. The molecule has 0 heterocycles. The first-order chi connectivity index (χ1) is 21.8. The third-order valence-corrected chi connectivity index (χ3v) is 10.5. The number of hydrogen-bond acceptors (Lipinski definition) is 8. The molecule has 0 aliphatic heterocycles. The molecule has 9 heteroatoms. The Kier molecular flexibility index (Phi) is 11.6. The molecule has 0 saturated carbocycles. The molecule has 0 aliphatic carbocycles. The predicted octanol–water partition coefficient (Wildman–Crippen LogP) is 7.90. The fourth-order valence-electron chi connectivity index (χ4n) is 5.43. The normalized spacial score (nSPS) is 12.6. The fraction of sp³-hybridized carbons (Fsp3) is 0.333. The second-order valence-corrected chi connectivity index (χ2v) is 12.8. The minimum absolute atomic E-state index is 0.301. The van der Waals surface area contributed by atoms with E-state index in [4.69, 9.17) is 28.4 Å². The summed E-state index contributed by atoms with van der Waals surface area (Å²) >= 11 is 0. The lowest BCUT2D eigenvalue weighted by Gasteiger charge is -2.26. The van der Waals surface area contributed by atoms with Gasteiger partial charge < -0.3 is 28.4 Å². The maximum absolute atomic E-state index is 14.5. The number of sulfone groups is 1. The molecule has 4 aromatic rings. The van der Waals surface area contributed by atoms with E-state index in [0.29, 0.717) is 71.7 Å². The van der Waals surface area contributed by atoms with Crippen molar-refractivity contribution in [2.75, 3.05) is 28.4 Å². The highest BCUT2D eigenvalue weighted by Crippen LogP contribution is 2.47. The second-order valence-electron chi connectivity index (χ2n) is 10.4. The van der Waals surface area contributed by atoms with Gasteiger partial charge in [-0.3, -0.25) is 0 Å². The van der Waals surface area contributed by atoms with Crippen LogP contribution >= 0.6 is 0 Å². The summed E-state index contributed by atoms with van der Waals surface area (Å²) in [7, 11) is 2.29. The van der Waals surface area contributed by atoms with Crippen LogP contribution in [0, 0.1) is 0 Å². The summed E-state index contributed by atoms with van der Waals surface area (Å²) in [5.41, 5.74) is 3.07. The van der Waals surface area contributed by atoms with Crippen LogP contribution in [0.4, 0.5) is 0 Å². The van der Waals surface area contributed by atoms with Crippen LogP contribution in [0.1, 0.15) is 59.4 Å². The van der Waals surface area contributed by atoms with Gasteiger partial charge in [0.15, 0.2) is 32.8 Å². The highest BCUT2D eigenvalue weighted by atomic mass is 32.2. The van der Waals surface area contributed by atoms with E-state index in [1.54, 1.807) is 24.3 Å². The van der Waals surface area contributed by atoms with Crippen molar-refractivity contribution in [3.8, 4) is 34.5 Å². The monoisotopic (exact) mass is 634 g/mol. The summed E-state index contributed by atoms with van der Waals surface area (Å²) < 4.78 is 63.8. The molecular formula is C36H42O8S. The van der Waals surface area contributed by atoms with E-state index in [1.807, 2.05) is 74.5 Å². The van der Waals surface area contributed by atoms with Gasteiger partial charge in [0.25, 0.3) is 0 Å². The van der Waals surface area contributed by atoms with Crippen LogP contribution in [0.3, 0.4) is 0 Å². The molecular weight excluding hydrogens is 592 g/mol. The van der Waals surface area contributed by atoms with Crippen LogP contribution in [0.25, 0.3) is 0 Å². The van der Waals surface area contributed by atoms with Crippen molar-refractivity contribution in [3.63, 3.8) is 0 Å². The molecule has 2 unspecified atom stereocenters. The van der Waals surface area contributed by atoms with Crippen molar-refractivity contribution in [3.05, 3.63) is 107 Å². The minimum atomic E-state index is -3.81. The van der Waals surface area contributed by atoms with Gasteiger partial charge in [-0.25, -0.2) is 8.42 Å². The fourth-order valence-corrected chi connectivity index (χ4v) is 7.79. The van der Waals surface area contributed by atoms with Gasteiger partial charge >= 0.3 is 0 Å². The zero-order valence-electron chi connectivity index (χ0n) is 26.7. The predicted molar refractivity (Wildman–Crippen MR) is 176 cm³/mol. The summed E-state index contributed by atoms with van der Waals surface area (Å²) in [5.74, 6) is 2.39. The van der Waals surface area contributed by atoms with Crippen LogP contribution < -0.4 is 28.4 Å². The Labute approximate surface area is 266 Å². The van der Waals surface area contributed by atoms with Gasteiger partial charge in [0, 0.05) is 0 Å². The van der Waals surface area contributed by atoms with Crippen LogP contribution in [-0.4, -0.2) is 36.9 Å². The highest BCUT2D eigenvalue weighted by molar-refractivity contribution is 7.91. The van der Waals surface area contributed by atoms with Crippen molar-refractivity contribution >= 4 is 9.84 Å². The first kappa shape index (κ1) is 33.5. The van der Waals surface area contributed by atoms with E-state index < -0.39 is 20.3 Å². The summed E-state index contributed by atoms with van der Waals surface area (Å²) in [5, 5.41) is -1.70. The Morgan fingerprint density at radius 2 is 0.844 bits per heavy atom. The van der Waals surface area contributed by atoms with Gasteiger partial charge in [-0.2, -0.15) is 0 Å². The number of rotatable bonds is 16. The van der Waals surface area contributed by atoms with Crippen LogP contribution in [0.2, 0.25) is 0 Å². The van der Waals surface area contributed by atoms with Crippen molar-refractivity contribution in [1.82, 2.24) is 0 Å². The largest absolute Gasteiger partial charge is 0.493 e. The topological polar surface area (TPSA) is 89.5 Å². The average Bonchev–Trinajstić information content (AvgIpc) is 3.07. The first-order valence-corrected chi connectivity index (χ1v) is 16.5. The van der Waals surface area contributed by atoms with Gasteiger partial charge in [0.2, 0.25) is 11.5 Å². The van der Waals surface area contributed by atoms with E-state index in [2.05, 4.69) is 0 Å². The van der Waals surface area contributed by atoms with Crippen molar-refractivity contribution in [1.29, 1.82) is 0 Å². The maximum atomic E-state index is 14.5. The molecule has 0 spiro atoms. The lowest BCUT2D eigenvalue weighted by Crippen LogP contribution is -2.21. The molecule has 0 aromatic heterocycles. The molecule has 4 aromatic carbocycles. The van der Waals surface area contributed by atoms with Crippen molar-refractivity contribution < 1.29 is 36.8 Å². The number of ether oxygens (including phenoxy) is 6. The third-order valence-electron chi connectivity index (χ3n) is 7.70. The summed E-state index contributed by atoms with van der Waals surface area (Å²) in [6, 6.07) is 26.4. The number of benzene rings is 4. The Bertz CT molecular complexity index is 1470. The molecule has 0 saturated heterocycles. The molecule has 2 atom stereocenters. The highest BCUT2D eigenvalue weighted by Gasteiger charge is 2.36. The van der Waals surface area contributed by atoms with E-state index in [1.165, 1.54) is 28.4 Å². The zero-order chi connectivity index (χ0) is 32.4. The third kappa shape index (κ3) is 7.65. The summed E-state index contributed by atoms with van der Waals surface area (Å²) in [6.45, 7) is 4.31. The van der Waals surface area contributed by atoms with Gasteiger partial charge in [0.1, 0.15) is 13.2 Å². The van der Waals surface area contributed by atoms with Crippen LogP contribution in [0.5, 0.6) is 34.5 Å². The van der Waals surface area contributed by atoms with E-state index >= 15 is 0 Å². The number of hydrogen-bond donors (Lipinski definition) is 0. The van der Waals surface area contributed by atoms with Crippen LogP contribution in [-0.2, 0) is 23.1 Å². The standard InChI is InChI=1S/C36H42O8S/c1-7-33(27-19-29(39-3)35(30(20-27)40-4)43-23-25-15-11-9-12-16-25)45(37,38)34(8-2)28-21-31(41-5)36(32(22-28)42-6)44-24-26-17-13-10-14-18-26/h9-22,33-34H,7-8,23-24H2,1-6H3. The molecule has 4 rings (SSSR count). The SMILES string of the molecule is CCC(c1cc(OC)c(OCc2ccccc2)c(OC)c1)S(=O)(=O)C(CC)c1cc(OC)c(OCc2ccccc2)c(OC)c1. The lowest BCUT2D eigenvalue weighted by molar-refractivity contribution is 0.265. The van der Waals surface area contributed by atoms with Crippen molar-refractivity contribution in [2.45, 2.75) is 50.4 Å². The molecule has 0 aliphatic rings. The lowest BCUT2D eigenvalue weighted by atomic mass is 10.1. The Morgan fingerprint density at radius 3 is 1.11 bits per heavy atom.